The fourth-order valence-corrected chi connectivity index (χ4v) is 3.55. The number of nitrogens with zero attached hydrogens (tertiary/aromatic N) is 2. The Morgan fingerprint density at radius 2 is 2.26 bits per heavy atom. The highest BCUT2D eigenvalue weighted by Crippen LogP contribution is 2.28. The van der Waals surface area contributed by atoms with Gasteiger partial charge in [-0.3, -0.25) is 0 Å². The first-order chi connectivity index (χ1) is 9.15. The third kappa shape index (κ3) is 2.47. The Labute approximate surface area is 118 Å². The molecule has 2 heterocycles. The van der Waals surface area contributed by atoms with Gasteiger partial charge in [-0.25, -0.2) is 4.98 Å². The van der Waals surface area contributed by atoms with Crippen LogP contribution >= 0.6 is 11.3 Å². The number of thiazole rings is 1. The van der Waals surface area contributed by atoms with Crippen molar-refractivity contribution in [3.63, 3.8) is 0 Å². The van der Waals surface area contributed by atoms with Crippen LogP contribution < -0.4 is 10.2 Å². The van der Waals surface area contributed by atoms with E-state index < -0.39 is 0 Å². The number of benzene rings is 1. The minimum atomic E-state index is 0.548. The molecule has 2 atom stereocenters. The van der Waals surface area contributed by atoms with Gasteiger partial charge in [-0.15, -0.1) is 11.3 Å². The highest BCUT2D eigenvalue weighted by Gasteiger charge is 2.28. The van der Waals surface area contributed by atoms with Crippen LogP contribution in [0, 0.1) is 5.92 Å². The van der Waals surface area contributed by atoms with Crippen LogP contribution in [-0.2, 0) is 0 Å². The van der Waals surface area contributed by atoms with Gasteiger partial charge >= 0.3 is 0 Å². The summed E-state index contributed by atoms with van der Waals surface area (Å²) in [7, 11) is 0. The summed E-state index contributed by atoms with van der Waals surface area (Å²) in [5.74, 6) is 0.650. The first-order valence-corrected chi connectivity index (χ1v) is 7.86. The van der Waals surface area contributed by atoms with Crippen LogP contribution in [0.1, 0.15) is 20.8 Å². The topological polar surface area (TPSA) is 28.2 Å². The second-order valence-electron chi connectivity index (χ2n) is 5.78. The minimum Gasteiger partial charge on any atom is -0.365 e. The molecule has 102 valence electrons. The zero-order valence-electron chi connectivity index (χ0n) is 11.8. The van der Waals surface area contributed by atoms with Crippen molar-refractivity contribution < 1.29 is 0 Å². The maximum Gasteiger partial charge on any atom is 0.0813 e. The van der Waals surface area contributed by atoms with Crippen molar-refractivity contribution in [2.75, 3.05) is 18.0 Å². The Morgan fingerprint density at radius 3 is 3.05 bits per heavy atom. The molecule has 4 heteroatoms. The molecule has 1 aliphatic rings. The molecule has 2 aromatic rings. The second kappa shape index (κ2) is 5.10. The smallest absolute Gasteiger partial charge is 0.0813 e. The van der Waals surface area contributed by atoms with E-state index in [2.05, 4.69) is 54.2 Å². The molecule has 0 saturated carbocycles. The first kappa shape index (κ1) is 12.9. The normalized spacial score (nSPS) is 24.3. The lowest BCUT2D eigenvalue weighted by Gasteiger charge is -2.43. The Kier molecular flexibility index (Phi) is 3.46. The van der Waals surface area contributed by atoms with E-state index in [1.807, 2.05) is 5.51 Å². The van der Waals surface area contributed by atoms with Gasteiger partial charge in [0.05, 0.1) is 15.7 Å². The lowest BCUT2D eigenvalue weighted by molar-refractivity contribution is 0.349. The molecule has 0 amide bonds. The Hall–Kier alpha value is -1.13. The van der Waals surface area contributed by atoms with E-state index in [0.717, 1.165) is 18.6 Å². The van der Waals surface area contributed by atoms with Crippen molar-refractivity contribution in [2.45, 2.75) is 32.9 Å². The summed E-state index contributed by atoms with van der Waals surface area (Å²) in [5, 5.41) is 3.59. The zero-order valence-corrected chi connectivity index (χ0v) is 12.6. The fourth-order valence-electron chi connectivity index (χ4n) is 2.84. The number of nitrogens with one attached hydrogen (secondary N) is 1. The van der Waals surface area contributed by atoms with Gasteiger partial charge in [-0.2, -0.15) is 0 Å². The summed E-state index contributed by atoms with van der Waals surface area (Å²) in [5.41, 5.74) is 4.37. The number of aromatic nitrogens is 1. The average molecular weight is 275 g/mol. The van der Waals surface area contributed by atoms with E-state index in [4.69, 9.17) is 0 Å². The maximum absolute atomic E-state index is 4.36. The van der Waals surface area contributed by atoms with Gasteiger partial charge in [-0.1, -0.05) is 13.8 Å². The molecule has 19 heavy (non-hydrogen) atoms. The number of hydrogen-bond acceptors (Lipinski definition) is 4. The summed E-state index contributed by atoms with van der Waals surface area (Å²) >= 11 is 1.72. The minimum absolute atomic E-state index is 0.548. The number of anilines is 1. The van der Waals surface area contributed by atoms with Gasteiger partial charge in [0, 0.05) is 30.9 Å². The SMILES string of the molecule is CC1CN(c2ccc3ncsc3c2)C(C(C)C)CN1. The molecule has 3 rings (SSSR count). The van der Waals surface area contributed by atoms with Gasteiger partial charge in [0.15, 0.2) is 0 Å². The average Bonchev–Trinajstić information content (AvgIpc) is 2.85. The number of rotatable bonds is 2. The van der Waals surface area contributed by atoms with Crippen molar-refractivity contribution in [1.29, 1.82) is 0 Å². The van der Waals surface area contributed by atoms with Crippen molar-refractivity contribution in [3.8, 4) is 0 Å². The van der Waals surface area contributed by atoms with Crippen molar-refractivity contribution >= 4 is 27.2 Å². The van der Waals surface area contributed by atoms with E-state index in [1.54, 1.807) is 11.3 Å². The zero-order chi connectivity index (χ0) is 13.4. The summed E-state index contributed by atoms with van der Waals surface area (Å²) in [6.07, 6.45) is 0. The fraction of sp³-hybridized carbons (Fsp3) is 0.533. The molecule has 0 radical (unpaired) electrons. The van der Waals surface area contributed by atoms with Crippen LogP contribution in [0.2, 0.25) is 0 Å². The quantitative estimate of drug-likeness (QED) is 0.912. The molecular weight excluding hydrogens is 254 g/mol. The van der Waals surface area contributed by atoms with Gasteiger partial charge in [0.1, 0.15) is 0 Å². The van der Waals surface area contributed by atoms with Crippen molar-refractivity contribution in [2.24, 2.45) is 5.92 Å². The molecule has 1 fully saturated rings. The Balaban J connectivity index is 1.96. The highest BCUT2D eigenvalue weighted by molar-refractivity contribution is 7.16. The molecule has 1 aromatic carbocycles. The predicted octanol–water partition coefficient (Wildman–Crippen LogP) is 3.12. The van der Waals surface area contributed by atoms with Crippen LogP contribution in [0.25, 0.3) is 10.2 Å². The molecule has 0 spiro atoms. The molecule has 1 aliphatic heterocycles. The van der Waals surface area contributed by atoms with Crippen molar-refractivity contribution in [1.82, 2.24) is 10.3 Å². The highest BCUT2D eigenvalue weighted by atomic mass is 32.1. The van der Waals surface area contributed by atoms with Gasteiger partial charge in [-0.05, 0) is 31.0 Å². The van der Waals surface area contributed by atoms with Crippen LogP contribution in [0.15, 0.2) is 23.7 Å². The Morgan fingerprint density at radius 1 is 1.42 bits per heavy atom. The number of piperazine rings is 1. The van der Waals surface area contributed by atoms with E-state index in [0.29, 0.717) is 18.0 Å². The van der Waals surface area contributed by atoms with Crippen LogP contribution in [0.3, 0.4) is 0 Å². The number of hydrogen-bond donors (Lipinski definition) is 1. The lowest BCUT2D eigenvalue weighted by Crippen LogP contribution is -2.57. The second-order valence-corrected chi connectivity index (χ2v) is 6.66. The molecule has 0 aliphatic carbocycles. The van der Waals surface area contributed by atoms with E-state index in [-0.39, 0.29) is 0 Å². The summed E-state index contributed by atoms with van der Waals surface area (Å²) in [6, 6.07) is 7.77. The molecule has 1 aromatic heterocycles. The third-order valence-electron chi connectivity index (χ3n) is 3.96. The summed E-state index contributed by atoms with van der Waals surface area (Å²) < 4.78 is 1.28. The lowest BCUT2D eigenvalue weighted by atomic mass is 9.98. The molecular formula is C15H21N3S. The van der Waals surface area contributed by atoms with Crippen LogP contribution in [0.4, 0.5) is 5.69 Å². The predicted molar refractivity (Wildman–Crippen MR) is 83.1 cm³/mol. The monoisotopic (exact) mass is 275 g/mol. The maximum atomic E-state index is 4.36. The molecule has 0 bridgehead atoms. The van der Waals surface area contributed by atoms with E-state index >= 15 is 0 Å². The number of fused-ring (bicyclic) bond motifs is 1. The van der Waals surface area contributed by atoms with Crippen molar-refractivity contribution in [3.05, 3.63) is 23.7 Å². The molecule has 1 saturated heterocycles. The summed E-state index contributed by atoms with van der Waals surface area (Å²) in [4.78, 5) is 6.92. The van der Waals surface area contributed by atoms with Gasteiger partial charge in [0.2, 0.25) is 0 Å². The third-order valence-corrected chi connectivity index (χ3v) is 4.75. The standard InChI is InChI=1S/C15H21N3S/c1-10(2)14-7-16-11(3)8-18(14)12-4-5-13-15(6-12)19-9-17-13/h4-6,9-11,14,16H,7-8H2,1-3H3. The van der Waals surface area contributed by atoms with Gasteiger partial charge < -0.3 is 10.2 Å². The Bertz CT molecular complexity index is 563. The summed E-state index contributed by atoms with van der Waals surface area (Å²) in [6.45, 7) is 9.02. The van der Waals surface area contributed by atoms with Crippen LogP contribution in [0.5, 0.6) is 0 Å². The molecule has 1 N–H and O–H groups in total. The molecule has 2 unspecified atom stereocenters. The largest absolute Gasteiger partial charge is 0.365 e. The van der Waals surface area contributed by atoms with Crippen LogP contribution in [-0.4, -0.2) is 30.2 Å². The van der Waals surface area contributed by atoms with Gasteiger partial charge in [0.25, 0.3) is 0 Å². The van der Waals surface area contributed by atoms with E-state index in [9.17, 15) is 0 Å². The van der Waals surface area contributed by atoms with E-state index in [1.165, 1.54) is 10.4 Å². The molecule has 3 nitrogen and oxygen atoms in total. The first-order valence-electron chi connectivity index (χ1n) is 6.98.